The number of aryl methyl sites for hydroxylation is 2. The van der Waals surface area contributed by atoms with Crippen molar-refractivity contribution in [3.8, 4) is 0 Å². The fourth-order valence-corrected chi connectivity index (χ4v) is 3.33. The van der Waals surface area contributed by atoms with Gasteiger partial charge in [-0.05, 0) is 54.3 Å². The van der Waals surface area contributed by atoms with Crippen molar-refractivity contribution in [2.45, 2.75) is 33.1 Å². The first-order valence-corrected chi connectivity index (χ1v) is 8.49. The van der Waals surface area contributed by atoms with E-state index >= 15 is 0 Å². The van der Waals surface area contributed by atoms with Gasteiger partial charge in [0.1, 0.15) is 0 Å². The number of nitrogens with one attached hydrogen (secondary N) is 1. The highest BCUT2D eigenvalue weighted by atomic mass is 35.5. The minimum atomic E-state index is -4.57. The van der Waals surface area contributed by atoms with Crippen molar-refractivity contribution in [1.82, 2.24) is 4.90 Å². The molecule has 0 radical (unpaired) electrons. The molecule has 1 heterocycles. The van der Waals surface area contributed by atoms with Gasteiger partial charge < -0.3 is 5.32 Å². The van der Waals surface area contributed by atoms with Gasteiger partial charge in [0, 0.05) is 18.8 Å². The molecule has 0 unspecified atom stereocenters. The summed E-state index contributed by atoms with van der Waals surface area (Å²) < 4.78 is 38.7. The van der Waals surface area contributed by atoms with Gasteiger partial charge in [0.25, 0.3) is 0 Å². The smallest absolute Gasteiger partial charge is 0.325 e. The van der Waals surface area contributed by atoms with Crippen LogP contribution in [0.2, 0.25) is 5.02 Å². The summed E-state index contributed by atoms with van der Waals surface area (Å²) in [5, 5.41) is 2.13. The van der Waals surface area contributed by atoms with Gasteiger partial charge in [-0.3, -0.25) is 9.69 Å². The lowest BCUT2D eigenvalue weighted by Gasteiger charge is -2.15. The first kappa shape index (κ1) is 18.7. The van der Waals surface area contributed by atoms with Crippen LogP contribution < -0.4 is 5.32 Å². The standard InChI is InChI=1S/C19H18ClF3N2O/c1-11-5-13-8-25(9-14(13)6-12(11)2)10-18(26)24-15-3-4-17(20)16(7-15)19(21,22)23/h3-7H,8-10H2,1-2H3,(H,24,26). The van der Waals surface area contributed by atoms with E-state index in [9.17, 15) is 18.0 Å². The van der Waals surface area contributed by atoms with E-state index in [0.717, 1.165) is 12.1 Å². The highest BCUT2D eigenvalue weighted by Gasteiger charge is 2.33. The van der Waals surface area contributed by atoms with Crippen LogP contribution in [-0.2, 0) is 24.1 Å². The van der Waals surface area contributed by atoms with Gasteiger partial charge in [-0.15, -0.1) is 0 Å². The normalized spacial score (nSPS) is 14.4. The number of nitrogens with zero attached hydrogens (tertiary/aromatic N) is 1. The third-order valence-corrected chi connectivity index (χ3v) is 4.86. The highest BCUT2D eigenvalue weighted by Crippen LogP contribution is 2.36. The van der Waals surface area contributed by atoms with Crippen LogP contribution in [0.4, 0.5) is 18.9 Å². The van der Waals surface area contributed by atoms with Crippen LogP contribution in [0.1, 0.15) is 27.8 Å². The van der Waals surface area contributed by atoms with E-state index in [1.54, 1.807) is 0 Å². The summed E-state index contributed by atoms with van der Waals surface area (Å²) >= 11 is 5.59. The first-order valence-electron chi connectivity index (χ1n) is 8.11. The molecule has 2 aromatic rings. The number of carbonyl (C=O) groups is 1. The Bertz CT molecular complexity index is 834. The molecule has 1 N–H and O–H groups in total. The number of fused-ring (bicyclic) bond motifs is 1. The van der Waals surface area contributed by atoms with Gasteiger partial charge in [0.2, 0.25) is 5.91 Å². The molecule has 0 bridgehead atoms. The molecule has 1 aliphatic heterocycles. The molecule has 0 fully saturated rings. The second-order valence-electron chi connectivity index (χ2n) is 6.59. The van der Waals surface area contributed by atoms with Crippen LogP contribution in [0.5, 0.6) is 0 Å². The van der Waals surface area contributed by atoms with Crippen LogP contribution in [-0.4, -0.2) is 17.4 Å². The lowest BCUT2D eigenvalue weighted by molar-refractivity contribution is -0.137. The number of carbonyl (C=O) groups excluding carboxylic acids is 1. The van der Waals surface area contributed by atoms with Crippen LogP contribution in [0, 0.1) is 13.8 Å². The summed E-state index contributed by atoms with van der Waals surface area (Å²) in [5.41, 5.74) is 3.90. The SMILES string of the molecule is Cc1cc2c(cc1C)CN(CC(=O)Nc1ccc(Cl)c(C(F)(F)F)c1)C2. The van der Waals surface area contributed by atoms with E-state index < -0.39 is 16.8 Å². The lowest BCUT2D eigenvalue weighted by Crippen LogP contribution is -2.29. The maximum Gasteiger partial charge on any atom is 0.417 e. The summed E-state index contributed by atoms with van der Waals surface area (Å²) in [6.45, 7) is 5.50. The van der Waals surface area contributed by atoms with Gasteiger partial charge in [-0.2, -0.15) is 13.2 Å². The van der Waals surface area contributed by atoms with E-state index in [0.29, 0.717) is 13.1 Å². The average Bonchev–Trinajstić information content (AvgIpc) is 2.89. The number of halogens is 4. The zero-order chi connectivity index (χ0) is 19.1. The Labute approximate surface area is 154 Å². The average molecular weight is 383 g/mol. The molecule has 0 atom stereocenters. The largest absolute Gasteiger partial charge is 0.417 e. The van der Waals surface area contributed by atoms with Crippen LogP contribution in [0.15, 0.2) is 30.3 Å². The van der Waals surface area contributed by atoms with Crippen molar-refractivity contribution >= 4 is 23.2 Å². The second kappa shape index (κ2) is 6.93. The Balaban J connectivity index is 1.65. The first-order chi connectivity index (χ1) is 12.1. The summed E-state index contributed by atoms with van der Waals surface area (Å²) in [6, 6.07) is 7.60. The monoisotopic (exact) mass is 382 g/mol. The van der Waals surface area contributed by atoms with Crippen LogP contribution >= 0.6 is 11.6 Å². The Morgan fingerprint density at radius 1 is 1.12 bits per heavy atom. The topological polar surface area (TPSA) is 32.3 Å². The van der Waals surface area contributed by atoms with Gasteiger partial charge in [0.15, 0.2) is 0 Å². The molecule has 2 aromatic carbocycles. The minimum Gasteiger partial charge on any atom is -0.325 e. The number of hydrogen-bond acceptors (Lipinski definition) is 2. The summed E-state index contributed by atoms with van der Waals surface area (Å²) in [5.74, 6) is -0.360. The maximum absolute atomic E-state index is 12.9. The zero-order valence-corrected chi connectivity index (χ0v) is 15.1. The highest BCUT2D eigenvalue weighted by molar-refractivity contribution is 6.31. The Kier molecular flexibility index (Phi) is 4.99. The molecule has 3 rings (SSSR count). The van der Waals surface area contributed by atoms with Gasteiger partial charge in [-0.1, -0.05) is 23.7 Å². The predicted molar refractivity (Wildman–Crippen MR) is 95.1 cm³/mol. The van der Waals surface area contributed by atoms with E-state index in [4.69, 9.17) is 11.6 Å². The Morgan fingerprint density at radius 2 is 1.69 bits per heavy atom. The molecule has 3 nitrogen and oxygen atoms in total. The number of rotatable bonds is 3. The number of hydrogen-bond donors (Lipinski definition) is 1. The molecule has 26 heavy (non-hydrogen) atoms. The van der Waals surface area contributed by atoms with Gasteiger partial charge in [-0.25, -0.2) is 0 Å². The van der Waals surface area contributed by atoms with Gasteiger partial charge >= 0.3 is 6.18 Å². The van der Waals surface area contributed by atoms with Crippen molar-refractivity contribution in [2.24, 2.45) is 0 Å². The van der Waals surface area contributed by atoms with Crippen LogP contribution in [0.3, 0.4) is 0 Å². The summed E-state index contributed by atoms with van der Waals surface area (Å²) in [7, 11) is 0. The summed E-state index contributed by atoms with van der Waals surface area (Å²) in [4.78, 5) is 14.2. The molecule has 0 spiro atoms. The number of benzene rings is 2. The third kappa shape index (κ3) is 4.02. The fraction of sp³-hybridized carbons (Fsp3) is 0.316. The van der Waals surface area contributed by atoms with Crippen molar-refractivity contribution in [3.05, 3.63) is 63.2 Å². The van der Waals surface area contributed by atoms with Crippen molar-refractivity contribution < 1.29 is 18.0 Å². The van der Waals surface area contributed by atoms with E-state index in [-0.39, 0.29) is 18.1 Å². The molecule has 1 aliphatic rings. The molecule has 0 saturated carbocycles. The summed E-state index contributed by atoms with van der Waals surface area (Å²) in [6.07, 6.45) is -4.57. The molecule has 138 valence electrons. The van der Waals surface area contributed by atoms with E-state index in [1.807, 2.05) is 18.7 Å². The van der Waals surface area contributed by atoms with Crippen molar-refractivity contribution in [3.63, 3.8) is 0 Å². The lowest BCUT2D eigenvalue weighted by atomic mass is 10.0. The molecule has 0 aliphatic carbocycles. The molecular weight excluding hydrogens is 365 g/mol. The van der Waals surface area contributed by atoms with Crippen molar-refractivity contribution in [2.75, 3.05) is 11.9 Å². The van der Waals surface area contributed by atoms with Crippen LogP contribution in [0.25, 0.3) is 0 Å². The van der Waals surface area contributed by atoms with E-state index in [1.165, 1.54) is 28.3 Å². The maximum atomic E-state index is 12.9. The van der Waals surface area contributed by atoms with Gasteiger partial charge in [0.05, 0.1) is 17.1 Å². The predicted octanol–water partition coefficient (Wildman–Crippen LogP) is 4.93. The number of amides is 1. The number of anilines is 1. The molecule has 7 heteroatoms. The molecule has 0 saturated heterocycles. The zero-order valence-electron chi connectivity index (χ0n) is 14.4. The van der Waals surface area contributed by atoms with Crippen molar-refractivity contribution in [1.29, 1.82) is 0 Å². The Hall–Kier alpha value is -2.05. The molecule has 1 amide bonds. The number of alkyl halides is 3. The third-order valence-electron chi connectivity index (χ3n) is 4.53. The molecule has 0 aromatic heterocycles. The minimum absolute atomic E-state index is 0.0788. The van der Waals surface area contributed by atoms with E-state index in [2.05, 4.69) is 17.4 Å². The quantitative estimate of drug-likeness (QED) is 0.816. The molecular formula is C19H18ClF3N2O. The fourth-order valence-electron chi connectivity index (χ4n) is 3.10. The Morgan fingerprint density at radius 3 is 2.23 bits per heavy atom. The second-order valence-corrected chi connectivity index (χ2v) is 7.00.